The molecule has 0 atom stereocenters. The van der Waals surface area contributed by atoms with Gasteiger partial charge >= 0.3 is 6.09 Å². The van der Waals surface area contributed by atoms with Crippen LogP contribution in [-0.4, -0.2) is 17.5 Å². The van der Waals surface area contributed by atoms with Crippen molar-refractivity contribution < 1.29 is 14.3 Å². The summed E-state index contributed by atoms with van der Waals surface area (Å²) >= 11 is 0. The van der Waals surface area contributed by atoms with Gasteiger partial charge in [0.25, 0.3) is 0 Å². The van der Waals surface area contributed by atoms with Crippen molar-refractivity contribution in [2.24, 2.45) is 0 Å². The van der Waals surface area contributed by atoms with E-state index in [2.05, 4.69) is 10.6 Å². The average molecular weight is 278 g/mol. The van der Waals surface area contributed by atoms with E-state index in [1.54, 1.807) is 0 Å². The number of alkyl carbamates (subject to hydrolysis) is 1. The molecule has 5 heteroatoms. The van der Waals surface area contributed by atoms with Crippen molar-refractivity contribution in [3.05, 3.63) is 35.4 Å². The Balaban J connectivity index is 2.50. The highest BCUT2D eigenvalue weighted by Gasteiger charge is 2.14. The molecule has 0 aliphatic rings. The number of nitrogens with one attached hydrogen (secondary N) is 2. The topological polar surface area (TPSA) is 67.4 Å². The van der Waals surface area contributed by atoms with E-state index in [9.17, 15) is 9.59 Å². The molecule has 20 heavy (non-hydrogen) atoms. The van der Waals surface area contributed by atoms with Gasteiger partial charge in [0.2, 0.25) is 5.91 Å². The van der Waals surface area contributed by atoms with Gasteiger partial charge in [0, 0.05) is 19.0 Å². The molecular formula is C15H22N2O3. The maximum atomic E-state index is 11.5. The van der Waals surface area contributed by atoms with Crippen molar-refractivity contribution in [2.45, 2.75) is 46.4 Å². The summed E-state index contributed by atoms with van der Waals surface area (Å²) in [5, 5.41) is 5.45. The Kier molecular flexibility index (Phi) is 5.55. The minimum absolute atomic E-state index is 0.0730. The van der Waals surface area contributed by atoms with Crippen LogP contribution in [0.15, 0.2) is 24.3 Å². The molecule has 1 aromatic carbocycles. The number of carbonyl (C=O) groups is 2. The predicted octanol–water partition coefficient (Wildman–Crippen LogP) is 2.35. The second-order valence-corrected chi connectivity index (χ2v) is 5.68. The van der Waals surface area contributed by atoms with Gasteiger partial charge < -0.3 is 15.4 Å². The van der Waals surface area contributed by atoms with E-state index in [4.69, 9.17) is 4.74 Å². The lowest BCUT2D eigenvalue weighted by molar-refractivity contribution is -0.119. The van der Waals surface area contributed by atoms with Crippen molar-refractivity contribution in [1.82, 2.24) is 10.6 Å². The lowest BCUT2D eigenvalue weighted by Crippen LogP contribution is -2.40. The van der Waals surface area contributed by atoms with Gasteiger partial charge in [0.05, 0.1) is 0 Å². The lowest BCUT2D eigenvalue weighted by atomic mass is 10.1. The Morgan fingerprint density at radius 1 is 1.20 bits per heavy atom. The zero-order valence-electron chi connectivity index (χ0n) is 12.4. The van der Waals surface area contributed by atoms with Crippen LogP contribution < -0.4 is 10.6 Å². The molecule has 0 heterocycles. The molecule has 0 bridgehead atoms. The van der Waals surface area contributed by atoms with Crippen molar-refractivity contribution in [2.75, 3.05) is 0 Å². The normalized spacial score (nSPS) is 10.8. The zero-order chi connectivity index (χ0) is 15.2. The van der Waals surface area contributed by atoms with Gasteiger partial charge in [0.15, 0.2) is 0 Å². The van der Waals surface area contributed by atoms with Crippen LogP contribution in [0, 0.1) is 0 Å². The minimum atomic E-state index is -0.440. The minimum Gasteiger partial charge on any atom is -0.445 e. The van der Waals surface area contributed by atoms with Crippen LogP contribution in [0.4, 0.5) is 4.79 Å². The number of ether oxygens (including phenoxy) is 1. The summed E-state index contributed by atoms with van der Waals surface area (Å²) in [6, 6.07) is 7.56. The maximum absolute atomic E-state index is 11.5. The van der Waals surface area contributed by atoms with E-state index in [-0.39, 0.29) is 18.1 Å². The van der Waals surface area contributed by atoms with Crippen LogP contribution in [0.5, 0.6) is 0 Å². The molecule has 0 unspecified atom stereocenters. The standard InChI is InChI=1S/C15H22N2O3/c1-11(18)16-9-12-6-5-7-13(8-12)10-20-14(19)17-15(2,3)4/h5-8H,9-10H2,1-4H3,(H,16,18)(H,17,19). The fraction of sp³-hybridized carbons (Fsp3) is 0.467. The van der Waals surface area contributed by atoms with Crippen LogP contribution in [0.3, 0.4) is 0 Å². The third-order valence-electron chi connectivity index (χ3n) is 2.38. The molecule has 0 fully saturated rings. The monoisotopic (exact) mass is 278 g/mol. The highest BCUT2D eigenvalue weighted by atomic mass is 16.5. The van der Waals surface area contributed by atoms with Gasteiger partial charge in [-0.15, -0.1) is 0 Å². The van der Waals surface area contributed by atoms with Crippen LogP contribution in [0.2, 0.25) is 0 Å². The van der Waals surface area contributed by atoms with Crippen LogP contribution >= 0.6 is 0 Å². The molecule has 110 valence electrons. The molecule has 5 nitrogen and oxygen atoms in total. The largest absolute Gasteiger partial charge is 0.445 e. The van der Waals surface area contributed by atoms with E-state index >= 15 is 0 Å². The van der Waals surface area contributed by atoms with E-state index in [1.165, 1.54) is 6.92 Å². The molecule has 2 amide bonds. The van der Waals surface area contributed by atoms with Gasteiger partial charge in [-0.25, -0.2) is 4.79 Å². The fourth-order valence-corrected chi connectivity index (χ4v) is 1.55. The molecule has 1 rings (SSSR count). The number of hydrogen-bond donors (Lipinski definition) is 2. The highest BCUT2D eigenvalue weighted by Crippen LogP contribution is 2.07. The second kappa shape index (κ2) is 6.93. The Morgan fingerprint density at radius 2 is 1.85 bits per heavy atom. The summed E-state index contributed by atoms with van der Waals surface area (Å²) in [6.07, 6.45) is -0.440. The summed E-state index contributed by atoms with van der Waals surface area (Å²) < 4.78 is 5.15. The summed E-state index contributed by atoms with van der Waals surface area (Å²) in [7, 11) is 0. The van der Waals surface area contributed by atoms with Crippen molar-refractivity contribution >= 4 is 12.0 Å². The summed E-state index contributed by atoms with van der Waals surface area (Å²) in [5.74, 6) is -0.0730. The Morgan fingerprint density at radius 3 is 2.45 bits per heavy atom. The maximum Gasteiger partial charge on any atom is 0.407 e. The molecule has 1 aromatic rings. The first-order valence-electron chi connectivity index (χ1n) is 6.53. The van der Waals surface area contributed by atoms with Gasteiger partial charge in [-0.3, -0.25) is 4.79 Å². The van der Waals surface area contributed by atoms with Crippen molar-refractivity contribution in [1.29, 1.82) is 0 Å². The van der Waals surface area contributed by atoms with E-state index < -0.39 is 6.09 Å². The van der Waals surface area contributed by atoms with E-state index in [0.29, 0.717) is 6.54 Å². The first-order chi connectivity index (χ1) is 9.26. The van der Waals surface area contributed by atoms with Gasteiger partial charge in [-0.1, -0.05) is 24.3 Å². The smallest absolute Gasteiger partial charge is 0.407 e. The Hall–Kier alpha value is -2.04. The summed E-state index contributed by atoms with van der Waals surface area (Å²) in [5.41, 5.74) is 1.54. The predicted molar refractivity (Wildman–Crippen MR) is 77.0 cm³/mol. The second-order valence-electron chi connectivity index (χ2n) is 5.68. The van der Waals surface area contributed by atoms with Gasteiger partial charge in [-0.2, -0.15) is 0 Å². The van der Waals surface area contributed by atoms with E-state index in [1.807, 2.05) is 45.0 Å². The van der Waals surface area contributed by atoms with Crippen LogP contribution in [-0.2, 0) is 22.7 Å². The molecule has 0 saturated heterocycles. The molecular weight excluding hydrogens is 256 g/mol. The molecule has 0 saturated carbocycles. The Labute approximate surface area is 119 Å². The van der Waals surface area contributed by atoms with Crippen molar-refractivity contribution in [3.63, 3.8) is 0 Å². The fourth-order valence-electron chi connectivity index (χ4n) is 1.55. The SMILES string of the molecule is CC(=O)NCc1cccc(COC(=O)NC(C)(C)C)c1. The number of rotatable bonds is 4. The third kappa shape index (κ3) is 6.78. The zero-order valence-corrected chi connectivity index (χ0v) is 12.4. The van der Waals surface area contributed by atoms with Gasteiger partial charge in [-0.05, 0) is 31.9 Å². The van der Waals surface area contributed by atoms with Crippen LogP contribution in [0.1, 0.15) is 38.8 Å². The average Bonchev–Trinajstić information content (AvgIpc) is 2.32. The summed E-state index contributed by atoms with van der Waals surface area (Å²) in [6.45, 7) is 7.82. The van der Waals surface area contributed by atoms with Crippen molar-refractivity contribution in [3.8, 4) is 0 Å². The number of benzene rings is 1. The lowest BCUT2D eigenvalue weighted by Gasteiger charge is -2.20. The highest BCUT2D eigenvalue weighted by molar-refractivity contribution is 5.72. The molecule has 0 aliphatic carbocycles. The number of amides is 2. The molecule has 0 radical (unpaired) electrons. The number of hydrogen-bond acceptors (Lipinski definition) is 3. The molecule has 0 spiro atoms. The molecule has 0 aromatic heterocycles. The first kappa shape index (κ1) is 16.0. The summed E-state index contributed by atoms with van der Waals surface area (Å²) in [4.78, 5) is 22.4. The molecule has 2 N–H and O–H groups in total. The third-order valence-corrected chi connectivity index (χ3v) is 2.38. The van der Waals surface area contributed by atoms with Gasteiger partial charge in [0.1, 0.15) is 6.61 Å². The Bertz CT molecular complexity index is 478. The number of carbonyl (C=O) groups excluding carboxylic acids is 2. The first-order valence-corrected chi connectivity index (χ1v) is 6.53. The van der Waals surface area contributed by atoms with E-state index in [0.717, 1.165) is 11.1 Å². The van der Waals surface area contributed by atoms with Crippen LogP contribution in [0.25, 0.3) is 0 Å². The molecule has 0 aliphatic heterocycles. The quantitative estimate of drug-likeness (QED) is 0.888.